The first-order valence-electron chi connectivity index (χ1n) is 9.59. The van der Waals surface area contributed by atoms with E-state index in [1.54, 1.807) is 25.3 Å². The molecule has 0 saturated carbocycles. The van der Waals surface area contributed by atoms with Gasteiger partial charge in [0, 0.05) is 25.8 Å². The Kier molecular flexibility index (Phi) is 6.48. The van der Waals surface area contributed by atoms with Gasteiger partial charge in [0.2, 0.25) is 0 Å². The molecule has 1 aliphatic heterocycles. The zero-order valence-electron chi connectivity index (χ0n) is 17.1. The highest BCUT2D eigenvalue weighted by Gasteiger charge is 2.45. The third-order valence-electron chi connectivity index (χ3n) is 5.36. The lowest BCUT2D eigenvalue weighted by atomic mass is 9.94. The zero-order valence-corrected chi connectivity index (χ0v) is 17.9. The van der Waals surface area contributed by atoms with Crippen LogP contribution < -0.4 is 0 Å². The van der Waals surface area contributed by atoms with Crippen molar-refractivity contribution >= 4 is 29.1 Å². The number of aryl methyl sites for hydroxylation is 2. The van der Waals surface area contributed by atoms with E-state index in [0.29, 0.717) is 24.2 Å². The number of aromatic hydroxyl groups is 1. The van der Waals surface area contributed by atoms with E-state index in [4.69, 9.17) is 16.3 Å². The number of carbonyl (C=O) groups is 2. The van der Waals surface area contributed by atoms with E-state index in [0.717, 1.165) is 11.1 Å². The molecule has 0 aromatic heterocycles. The smallest absolute Gasteiger partial charge is 0.295 e. The van der Waals surface area contributed by atoms with Gasteiger partial charge in [0.25, 0.3) is 11.7 Å². The number of methoxy groups -OCH3 is 1. The summed E-state index contributed by atoms with van der Waals surface area (Å²) in [5, 5.41) is 20.9. The maximum Gasteiger partial charge on any atom is 0.295 e. The molecule has 0 radical (unpaired) electrons. The van der Waals surface area contributed by atoms with Gasteiger partial charge in [-0.25, -0.2) is 0 Å². The van der Waals surface area contributed by atoms with Gasteiger partial charge in [-0.15, -0.1) is 0 Å². The Hall–Kier alpha value is -2.83. The highest BCUT2D eigenvalue weighted by molar-refractivity contribution is 6.46. The van der Waals surface area contributed by atoms with Crippen LogP contribution in [0.25, 0.3) is 5.76 Å². The fourth-order valence-electron chi connectivity index (χ4n) is 3.57. The van der Waals surface area contributed by atoms with Crippen LogP contribution in [0.4, 0.5) is 0 Å². The van der Waals surface area contributed by atoms with Crippen LogP contribution >= 0.6 is 11.6 Å². The molecule has 0 spiro atoms. The molecule has 0 aliphatic carbocycles. The number of phenolic OH excluding ortho intramolecular Hbond substituents is 1. The summed E-state index contributed by atoms with van der Waals surface area (Å²) >= 11 is 6.09. The Bertz CT molecular complexity index is 1030. The number of halogens is 1. The van der Waals surface area contributed by atoms with Crippen molar-refractivity contribution < 1.29 is 24.5 Å². The second kappa shape index (κ2) is 8.90. The van der Waals surface area contributed by atoms with Crippen molar-refractivity contribution in [2.24, 2.45) is 0 Å². The number of phenols is 1. The van der Waals surface area contributed by atoms with Crippen LogP contribution in [0.3, 0.4) is 0 Å². The van der Waals surface area contributed by atoms with Gasteiger partial charge in [0.05, 0.1) is 16.6 Å². The highest BCUT2D eigenvalue weighted by atomic mass is 35.5. The molecule has 1 amide bonds. The molecule has 1 aliphatic rings. The fraction of sp³-hybridized carbons (Fsp3) is 0.304. The molecule has 1 heterocycles. The summed E-state index contributed by atoms with van der Waals surface area (Å²) in [6.07, 6.45) is 0.523. The minimum atomic E-state index is -0.818. The number of rotatable bonds is 6. The average molecular weight is 430 g/mol. The number of benzene rings is 2. The molecule has 3 rings (SSSR count). The van der Waals surface area contributed by atoms with E-state index >= 15 is 0 Å². The van der Waals surface area contributed by atoms with Crippen molar-refractivity contribution in [2.45, 2.75) is 26.3 Å². The number of hydrogen-bond acceptors (Lipinski definition) is 5. The van der Waals surface area contributed by atoms with Crippen LogP contribution in [-0.4, -0.2) is 47.1 Å². The number of hydrogen-bond donors (Lipinski definition) is 2. The van der Waals surface area contributed by atoms with Crippen LogP contribution in [0.1, 0.15) is 34.7 Å². The van der Waals surface area contributed by atoms with E-state index in [-0.39, 0.29) is 28.6 Å². The maximum atomic E-state index is 12.9. The number of likely N-dealkylation sites (tertiary alicyclic amines) is 1. The van der Waals surface area contributed by atoms with E-state index in [2.05, 4.69) is 0 Å². The normalized spacial score (nSPS) is 18.3. The molecule has 2 aromatic rings. The number of amides is 1. The van der Waals surface area contributed by atoms with Gasteiger partial charge in [-0.2, -0.15) is 0 Å². The average Bonchev–Trinajstić information content (AvgIpc) is 2.96. The quantitative estimate of drug-likeness (QED) is 0.312. The molecule has 0 bridgehead atoms. The van der Waals surface area contributed by atoms with E-state index in [1.165, 1.54) is 17.0 Å². The summed E-state index contributed by atoms with van der Waals surface area (Å²) in [6, 6.07) is 9.04. The van der Waals surface area contributed by atoms with Crippen molar-refractivity contribution in [3.8, 4) is 5.75 Å². The van der Waals surface area contributed by atoms with Crippen LogP contribution in [-0.2, 0) is 14.3 Å². The fourth-order valence-corrected chi connectivity index (χ4v) is 3.76. The number of nitrogens with zero attached hydrogens (tertiary/aromatic N) is 1. The lowest BCUT2D eigenvalue weighted by Gasteiger charge is -2.25. The van der Waals surface area contributed by atoms with Gasteiger partial charge in [-0.1, -0.05) is 29.8 Å². The number of Topliss-reactive ketones (excluding diaryl/α,β-unsaturated/α-hetero) is 1. The summed E-state index contributed by atoms with van der Waals surface area (Å²) in [5.41, 5.74) is 3.00. The summed E-state index contributed by atoms with van der Waals surface area (Å²) < 4.78 is 5.07. The Labute approximate surface area is 180 Å². The predicted octanol–water partition coefficient (Wildman–Crippen LogP) is 4.12. The third kappa shape index (κ3) is 4.06. The van der Waals surface area contributed by atoms with Crippen molar-refractivity contribution in [3.05, 3.63) is 69.2 Å². The Morgan fingerprint density at radius 3 is 2.50 bits per heavy atom. The molecule has 1 saturated heterocycles. The standard InChI is InChI=1S/C23H24ClNO5/c1-13-5-6-16(11-14(13)2)21(27)19-20(15-7-8-18(26)17(24)12-15)25(9-4-10-30-3)23(29)22(19)28/h5-8,11-12,20,26-27H,4,9-10H2,1-3H3/b21-19-. The molecule has 7 heteroatoms. The SMILES string of the molecule is COCCCN1C(=O)C(=O)/C(=C(\O)c2ccc(C)c(C)c2)C1c1ccc(O)c(Cl)c1. The molecule has 2 N–H and O–H groups in total. The van der Waals surface area contributed by atoms with Crippen molar-refractivity contribution in [1.82, 2.24) is 4.90 Å². The Morgan fingerprint density at radius 2 is 1.87 bits per heavy atom. The first-order valence-corrected chi connectivity index (χ1v) is 9.97. The van der Waals surface area contributed by atoms with E-state index in [1.807, 2.05) is 19.9 Å². The first-order chi connectivity index (χ1) is 14.3. The van der Waals surface area contributed by atoms with Crippen molar-refractivity contribution in [1.29, 1.82) is 0 Å². The molecule has 1 unspecified atom stereocenters. The Balaban J connectivity index is 2.16. The van der Waals surface area contributed by atoms with Crippen molar-refractivity contribution in [2.75, 3.05) is 20.3 Å². The zero-order chi connectivity index (χ0) is 22.0. The van der Waals surface area contributed by atoms with E-state index < -0.39 is 17.7 Å². The molecule has 6 nitrogen and oxygen atoms in total. The van der Waals surface area contributed by atoms with Gasteiger partial charge in [0.1, 0.15) is 11.5 Å². The predicted molar refractivity (Wildman–Crippen MR) is 115 cm³/mol. The van der Waals surface area contributed by atoms with Gasteiger partial charge in [-0.05, 0) is 55.2 Å². The maximum absolute atomic E-state index is 12.9. The van der Waals surface area contributed by atoms with Gasteiger partial charge in [-0.3, -0.25) is 9.59 Å². The highest BCUT2D eigenvalue weighted by Crippen LogP contribution is 2.41. The minimum absolute atomic E-state index is 0.00225. The third-order valence-corrected chi connectivity index (χ3v) is 5.66. The summed E-state index contributed by atoms with van der Waals surface area (Å²) in [6.45, 7) is 4.55. The second-order valence-corrected chi connectivity index (χ2v) is 7.76. The number of ketones is 1. The number of aliphatic hydroxyl groups excluding tert-OH is 1. The summed E-state index contributed by atoms with van der Waals surface area (Å²) in [7, 11) is 1.56. The minimum Gasteiger partial charge on any atom is -0.507 e. The van der Waals surface area contributed by atoms with Crippen LogP contribution in [0.2, 0.25) is 5.02 Å². The molecule has 2 aromatic carbocycles. The number of ether oxygens (including phenoxy) is 1. The molecule has 158 valence electrons. The van der Waals surface area contributed by atoms with Crippen LogP contribution in [0.15, 0.2) is 42.0 Å². The molecule has 1 fully saturated rings. The van der Waals surface area contributed by atoms with E-state index in [9.17, 15) is 19.8 Å². The monoisotopic (exact) mass is 429 g/mol. The number of carbonyl (C=O) groups excluding carboxylic acids is 2. The van der Waals surface area contributed by atoms with Crippen molar-refractivity contribution in [3.63, 3.8) is 0 Å². The topological polar surface area (TPSA) is 87.1 Å². The van der Waals surface area contributed by atoms with Crippen LogP contribution in [0.5, 0.6) is 5.75 Å². The van der Waals surface area contributed by atoms with Gasteiger partial charge in [0.15, 0.2) is 0 Å². The lowest BCUT2D eigenvalue weighted by molar-refractivity contribution is -0.140. The lowest BCUT2D eigenvalue weighted by Crippen LogP contribution is -2.31. The summed E-state index contributed by atoms with van der Waals surface area (Å²) in [5.74, 6) is -1.78. The Morgan fingerprint density at radius 1 is 1.13 bits per heavy atom. The second-order valence-electron chi connectivity index (χ2n) is 7.35. The first kappa shape index (κ1) is 21.9. The largest absolute Gasteiger partial charge is 0.507 e. The molecular formula is C23H24ClNO5. The molecule has 30 heavy (non-hydrogen) atoms. The van der Waals surface area contributed by atoms with Crippen LogP contribution in [0, 0.1) is 13.8 Å². The van der Waals surface area contributed by atoms with Gasteiger partial charge >= 0.3 is 0 Å². The molecular weight excluding hydrogens is 406 g/mol. The summed E-state index contributed by atoms with van der Waals surface area (Å²) in [4.78, 5) is 27.2. The molecule has 1 atom stereocenters. The number of aliphatic hydroxyl groups is 1. The van der Waals surface area contributed by atoms with Gasteiger partial charge < -0.3 is 19.8 Å².